The second-order valence-electron chi connectivity index (χ2n) is 5.93. The van der Waals surface area contributed by atoms with Crippen LogP contribution in [0.1, 0.15) is 39.0 Å². The Morgan fingerprint density at radius 1 is 1.28 bits per heavy atom. The van der Waals surface area contributed by atoms with Gasteiger partial charge in [-0.2, -0.15) is 0 Å². The number of rotatable bonds is 2. The number of carbonyl (C=O) groups is 1. The molecule has 2 rings (SSSR count). The Morgan fingerprint density at radius 2 is 1.89 bits per heavy atom. The van der Waals surface area contributed by atoms with Crippen molar-refractivity contribution >= 4 is 5.91 Å². The molecule has 0 radical (unpaired) electrons. The van der Waals surface area contributed by atoms with Crippen molar-refractivity contribution in [2.45, 2.75) is 50.5 Å². The van der Waals surface area contributed by atoms with Crippen molar-refractivity contribution in [3.8, 4) is 0 Å². The minimum atomic E-state index is -2.63. The second kappa shape index (κ2) is 4.76. The monoisotopic (exact) mass is 260 g/mol. The Labute approximate surface area is 107 Å². The topological polar surface area (TPSA) is 32.3 Å². The highest BCUT2D eigenvalue weighted by Crippen LogP contribution is 2.40. The molecule has 0 bridgehead atoms. The average molecular weight is 260 g/mol. The van der Waals surface area contributed by atoms with Gasteiger partial charge in [-0.15, -0.1) is 0 Å². The third-order valence-electron chi connectivity index (χ3n) is 4.54. The maximum Gasteiger partial charge on any atom is 0.248 e. The minimum Gasteiger partial charge on any atom is -0.342 e. The Morgan fingerprint density at radius 3 is 2.33 bits per heavy atom. The van der Waals surface area contributed by atoms with E-state index in [1.54, 1.807) is 4.90 Å². The molecule has 104 valence electrons. The molecule has 1 amide bonds. The number of piperidine rings is 1. The molecule has 1 atom stereocenters. The summed E-state index contributed by atoms with van der Waals surface area (Å²) in [6.07, 6.45) is 1.72. The zero-order valence-corrected chi connectivity index (χ0v) is 11.1. The summed E-state index contributed by atoms with van der Waals surface area (Å²) in [7, 11) is 1.93. The molecule has 2 fully saturated rings. The summed E-state index contributed by atoms with van der Waals surface area (Å²) in [5.74, 6) is -3.15. The predicted octanol–water partition coefficient (Wildman–Crippen LogP) is 2.02. The van der Waals surface area contributed by atoms with Crippen molar-refractivity contribution in [1.82, 2.24) is 10.2 Å². The molecule has 1 saturated carbocycles. The standard InChI is InChI=1S/C13H22F2N2O/c1-12(16-2)5-7-17(8-6-12)11(18)10-3-4-13(14,15)9-10/h10,16H,3-9H2,1-2H3. The van der Waals surface area contributed by atoms with Crippen molar-refractivity contribution < 1.29 is 13.6 Å². The van der Waals surface area contributed by atoms with Crippen LogP contribution < -0.4 is 5.32 Å². The van der Waals surface area contributed by atoms with Crippen molar-refractivity contribution in [3.05, 3.63) is 0 Å². The molecule has 0 aromatic carbocycles. The van der Waals surface area contributed by atoms with Crippen LogP contribution in [-0.2, 0) is 4.79 Å². The fourth-order valence-electron chi connectivity index (χ4n) is 2.89. The molecule has 0 aromatic rings. The smallest absolute Gasteiger partial charge is 0.248 e. The van der Waals surface area contributed by atoms with E-state index in [2.05, 4.69) is 12.2 Å². The van der Waals surface area contributed by atoms with Gasteiger partial charge in [-0.05, 0) is 33.2 Å². The third-order valence-corrected chi connectivity index (χ3v) is 4.54. The van der Waals surface area contributed by atoms with Crippen LogP contribution in [0.4, 0.5) is 8.78 Å². The lowest BCUT2D eigenvalue weighted by Crippen LogP contribution is -2.52. The molecule has 1 unspecified atom stereocenters. The SMILES string of the molecule is CNC1(C)CCN(C(=O)C2CCC(F)(F)C2)CC1. The molecule has 3 nitrogen and oxygen atoms in total. The fraction of sp³-hybridized carbons (Fsp3) is 0.923. The van der Waals surface area contributed by atoms with Gasteiger partial charge in [0.05, 0.1) is 0 Å². The van der Waals surface area contributed by atoms with Gasteiger partial charge in [0.2, 0.25) is 11.8 Å². The third kappa shape index (κ3) is 2.82. The summed E-state index contributed by atoms with van der Waals surface area (Å²) < 4.78 is 26.2. The van der Waals surface area contributed by atoms with E-state index >= 15 is 0 Å². The van der Waals surface area contributed by atoms with Gasteiger partial charge in [-0.25, -0.2) is 8.78 Å². The Kier molecular flexibility index (Phi) is 3.63. The van der Waals surface area contributed by atoms with Crippen LogP contribution in [-0.4, -0.2) is 42.4 Å². The van der Waals surface area contributed by atoms with Crippen molar-refractivity contribution in [2.75, 3.05) is 20.1 Å². The van der Waals surface area contributed by atoms with Gasteiger partial charge in [-0.1, -0.05) is 0 Å². The number of likely N-dealkylation sites (tertiary alicyclic amines) is 1. The van der Waals surface area contributed by atoms with E-state index in [9.17, 15) is 13.6 Å². The minimum absolute atomic E-state index is 0.0645. The molecule has 1 N–H and O–H groups in total. The summed E-state index contributed by atoms with van der Waals surface area (Å²) >= 11 is 0. The molecule has 1 aliphatic heterocycles. The van der Waals surface area contributed by atoms with E-state index in [0.29, 0.717) is 19.5 Å². The Hall–Kier alpha value is -0.710. The van der Waals surface area contributed by atoms with Gasteiger partial charge in [-0.3, -0.25) is 4.79 Å². The quantitative estimate of drug-likeness (QED) is 0.824. The molecule has 1 aliphatic carbocycles. The maximum absolute atomic E-state index is 13.1. The van der Waals surface area contributed by atoms with Gasteiger partial charge < -0.3 is 10.2 Å². The predicted molar refractivity (Wildman–Crippen MR) is 65.6 cm³/mol. The summed E-state index contributed by atoms with van der Waals surface area (Å²) in [5.41, 5.74) is 0.0798. The van der Waals surface area contributed by atoms with E-state index in [4.69, 9.17) is 0 Å². The van der Waals surface area contributed by atoms with Crippen molar-refractivity contribution in [1.29, 1.82) is 0 Å². The zero-order valence-electron chi connectivity index (χ0n) is 11.1. The van der Waals surface area contributed by atoms with E-state index in [1.807, 2.05) is 7.05 Å². The number of hydrogen-bond donors (Lipinski definition) is 1. The Bertz CT molecular complexity index is 325. The second-order valence-corrected chi connectivity index (χ2v) is 5.93. The first-order valence-electron chi connectivity index (χ1n) is 6.71. The highest BCUT2D eigenvalue weighted by molar-refractivity contribution is 5.79. The van der Waals surface area contributed by atoms with Crippen LogP contribution in [0, 0.1) is 5.92 Å². The molecule has 2 aliphatic rings. The summed E-state index contributed by atoms with van der Waals surface area (Å²) in [6.45, 7) is 3.50. The Balaban J connectivity index is 1.89. The van der Waals surface area contributed by atoms with Crippen LogP contribution >= 0.6 is 0 Å². The zero-order chi connectivity index (χ0) is 13.4. The molecule has 0 aromatic heterocycles. The van der Waals surface area contributed by atoms with Crippen LogP contribution in [0.3, 0.4) is 0 Å². The number of amides is 1. The normalized spacial score (nSPS) is 30.4. The molecular formula is C13H22F2N2O. The first kappa shape index (κ1) is 13.7. The maximum atomic E-state index is 13.1. The summed E-state index contributed by atoms with van der Waals surface area (Å²) in [4.78, 5) is 13.9. The lowest BCUT2D eigenvalue weighted by Gasteiger charge is -2.40. The van der Waals surface area contributed by atoms with Gasteiger partial charge in [0.25, 0.3) is 0 Å². The van der Waals surface area contributed by atoms with Gasteiger partial charge in [0, 0.05) is 37.4 Å². The first-order chi connectivity index (χ1) is 8.35. The molecule has 5 heteroatoms. The summed E-state index contributed by atoms with van der Waals surface area (Å²) in [5, 5.41) is 3.26. The molecule has 1 saturated heterocycles. The van der Waals surface area contributed by atoms with Gasteiger partial charge >= 0.3 is 0 Å². The fourth-order valence-corrected chi connectivity index (χ4v) is 2.89. The highest BCUT2D eigenvalue weighted by atomic mass is 19.3. The number of hydrogen-bond acceptors (Lipinski definition) is 2. The number of nitrogens with one attached hydrogen (secondary N) is 1. The van der Waals surface area contributed by atoms with Gasteiger partial charge in [0.15, 0.2) is 0 Å². The van der Waals surface area contributed by atoms with Crippen LogP contribution in [0.15, 0.2) is 0 Å². The van der Waals surface area contributed by atoms with Crippen LogP contribution in [0.25, 0.3) is 0 Å². The lowest BCUT2D eigenvalue weighted by atomic mass is 9.89. The van der Waals surface area contributed by atoms with Gasteiger partial charge in [0.1, 0.15) is 0 Å². The number of alkyl halides is 2. The lowest BCUT2D eigenvalue weighted by molar-refractivity contribution is -0.138. The van der Waals surface area contributed by atoms with Crippen molar-refractivity contribution in [2.24, 2.45) is 5.92 Å². The molecule has 0 spiro atoms. The first-order valence-corrected chi connectivity index (χ1v) is 6.71. The summed E-state index contributed by atoms with van der Waals surface area (Å²) in [6, 6.07) is 0. The van der Waals surface area contributed by atoms with E-state index in [-0.39, 0.29) is 24.3 Å². The van der Waals surface area contributed by atoms with Crippen LogP contribution in [0.2, 0.25) is 0 Å². The van der Waals surface area contributed by atoms with E-state index in [1.165, 1.54) is 0 Å². The molecule has 18 heavy (non-hydrogen) atoms. The number of carbonyl (C=O) groups excluding carboxylic acids is 1. The number of halogens is 2. The largest absolute Gasteiger partial charge is 0.342 e. The highest BCUT2D eigenvalue weighted by Gasteiger charge is 2.44. The molecule has 1 heterocycles. The van der Waals surface area contributed by atoms with E-state index < -0.39 is 11.8 Å². The molecular weight excluding hydrogens is 238 g/mol. The van der Waals surface area contributed by atoms with Crippen LogP contribution in [0.5, 0.6) is 0 Å². The van der Waals surface area contributed by atoms with E-state index in [0.717, 1.165) is 12.8 Å². The average Bonchev–Trinajstić information content (AvgIpc) is 2.70. The number of nitrogens with zero attached hydrogens (tertiary/aromatic N) is 1. The van der Waals surface area contributed by atoms with Crippen molar-refractivity contribution in [3.63, 3.8) is 0 Å².